The van der Waals surface area contributed by atoms with Gasteiger partial charge < -0.3 is 14.5 Å². The molecule has 1 aromatic heterocycles. The molecule has 1 N–H and O–H groups in total. The molecule has 0 saturated heterocycles. The zero-order valence-corrected chi connectivity index (χ0v) is 14.8. The number of nitrogens with one attached hydrogen (secondary N) is 1. The van der Waals surface area contributed by atoms with Crippen LogP contribution in [0.4, 0.5) is 0 Å². The van der Waals surface area contributed by atoms with E-state index in [0.717, 1.165) is 12.0 Å². The van der Waals surface area contributed by atoms with Crippen molar-refractivity contribution in [3.05, 3.63) is 35.7 Å². The normalized spacial score (nSPS) is 20.4. The number of benzene rings is 1. The Morgan fingerprint density at radius 2 is 2.16 bits per heavy atom. The quantitative estimate of drug-likeness (QED) is 0.814. The fourth-order valence-electron chi connectivity index (χ4n) is 3.21. The van der Waals surface area contributed by atoms with E-state index in [2.05, 4.69) is 22.4 Å². The molecule has 1 aliphatic rings. The van der Waals surface area contributed by atoms with Gasteiger partial charge in [0.05, 0.1) is 12.7 Å². The van der Waals surface area contributed by atoms with E-state index in [1.54, 1.807) is 19.1 Å². The smallest absolute Gasteiger partial charge is 0.251 e. The lowest BCUT2D eigenvalue weighted by Crippen LogP contribution is -2.31. The summed E-state index contributed by atoms with van der Waals surface area (Å²) in [7, 11) is 0. The molecule has 1 saturated carbocycles. The van der Waals surface area contributed by atoms with Gasteiger partial charge in [0.1, 0.15) is 0 Å². The lowest BCUT2D eigenvalue weighted by Gasteiger charge is -2.28. The van der Waals surface area contributed by atoms with Crippen molar-refractivity contribution in [2.45, 2.75) is 45.6 Å². The van der Waals surface area contributed by atoms with Crippen LogP contribution < -0.4 is 5.32 Å². The van der Waals surface area contributed by atoms with Gasteiger partial charge in [-0.1, -0.05) is 25.8 Å². The molecule has 2 atom stereocenters. The molecule has 0 radical (unpaired) electrons. The third-order valence-corrected chi connectivity index (χ3v) is 4.65. The highest BCUT2D eigenvalue weighted by Crippen LogP contribution is 2.26. The van der Waals surface area contributed by atoms with E-state index in [4.69, 9.17) is 9.15 Å². The Morgan fingerprint density at radius 3 is 2.92 bits per heavy atom. The molecule has 2 aromatic rings. The predicted octanol–water partition coefficient (Wildman–Crippen LogP) is 3.37. The Bertz CT molecular complexity index is 713. The van der Waals surface area contributed by atoms with E-state index >= 15 is 0 Å². The van der Waals surface area contributed by atoms with Crippen molar-refractivity contribution < 1.29 is 13.9 Å². The summed E-state index contributed by atoms with van der Waals surface area (Å²) in [5.41, 5.74) is 1.31. The minimum Gasteiger partial charge on any atom is -0.421 e. The third-order valence-electron chi connectivity index (χ3n) is 4.65. The summed E-state index contributed by atoms with van der Waals surface area (Å²) in [6.45, 7) is 5.03. The van der Waals surface area contributed by atoms with Crippen LogP contribution in [0.3, 0.4) is 0 Å². The molecule has 6 heteroatoms. The maximum absolute atomic E-state index is 12.3. The van der Waals surface area contributed by atoms with E-state index in [-0.39, 0.29) is 5.91 Å². The minimum absolute atomic E-state index is 0.127. The Morgan fingerprint density at radius 1 is 1.32 bits per heavy atom. The van der Waals surface area contributed by atoms with Crippen LogP contribution in [0, 0.1) is 12.8 Å². The Kier molecular flexibility index (Phi) is 5.81. The number of carbonyl (C=O) groups is 1. The van der Waals surface area contributed by atoms with E-state index < -0.39 is 0 Å². The Labute approximate surface area is 148 Å². The summed E-state index contributed by atoms with van der Waals surface area (Å²) >= 11 is 0. The van der Waals surface area contributed by atoms with Gasteiger partial charge in [0.15, 0.2) is 0 Å². The molecule has 3 rings (SSSR count). The predicted molar refractivity (Wildman–Crippen MR) is 94.2 cm³/mol. The van der Waals surface area contributed by atoms with Crippen LogP contribution >= 0.6 is 0 Å². The molecule has 0 unspecified atom stereocenters. The van der Waals surface area contributed by atoms with Crippen molar-refractivity contribution in [1.29, 1.82) is 0 Å². The first-order valence-electron chi connectivity index (χ1n) is 8.94. The number of nitrogens with zero attached hydrogens (tertiary/aromatic N) is 2. The molecule has 6 nitrogen and oxygen atoms in total. The standard InChI is InChI=1S/C19H25N3O3/c1-13-6-3-4-9-17(13)24-11-10-20-18(23)15-7-5-8-16(12-15)19-22-21-14(2)25-19/h5,7-8,12-13,17H,3-4,6,9-11H2,1-2H3,(H,20,23)/t13-,17+/m1/s1. The van der Waals surface area contributed by atoms with Crippen molar-refractivity contribution in [3.63, 3.8) is 0 Å². The van der Waals surface area contributed by atoms with Crippen LogP contribution in [0.25, 0.3) is 11.5 Å². The van der Waals surface area contributed by atoms with E-state index in [9.17, 15) is 4.79 Å². The zero-order valence-electron chi connectivity index (χ0n) is 14.8. The van der Waals surface area contributed by atoms with Crippen molar-refractivity contribution in [2.75, 3.05) is 13.2 Å². The van der Waals surface area contributed by atoms with Gasteiger partial charge in [-0.25, -0.2) is 0 Å². The fraction of sp³-hybridized carbons (Fsp3) is 0.526. The average molecular weight is 343 g/mol. The number of aromatic nitrogens is 2. The topological polar surface area (TPSA) is 77.2 Å². The van der Waals surface area contributed by atoms with Crippen molar-refractivity contribution in [2.24, 2.45) is 5.92 Å². The first-order chi connectivity index (χ1) is 12.1. The maximum Gasteiger partial charge on any atom is 0.251 e. The second-order valence-corrected chi connectivity index (χ2v) is 6.63. The van der Waals surface area contributed by atoms with E-state index in [1.165, 1.54) is 19.3 Å². The number of hydrogen-bond acceptors (Lipinski definition) is 5. The van der Waals surface area contributed by atoms with E-state index in [1.807, 2.05) is 12.1 Å². The molecular weight excluding hydrogens is 318 g/mol. The highest BCUT2D eigenvalue weighted by molar-refractivity contribution is 5.95. The molecule has 1 fully saturated rings. The molecule has 134 valence electrons. The van der Waals surface area contributed by atoms with Crippen LogP contribution in [0.5, 0.6) is 0 Å². The van der Waals surface area contributed by atoms with Crippen LogP contribution in [0.1, 0.15) is 48.9 Å². The van der Waals surface area contributed by atoms with Gasteiger partial charge in [-0.15, -0.1) is 10.2 Å². The number of ether oxygens (including phenoxy) is 1. The molecule has 0 aliphatic heterocycles. The van der Waals surface area contributed by atoms with Crippen molar-refractivity contribution in [3.8, 4) is 11.5 Å². The zero-order chi connectivity index (χ0) is 17.6. The molecule has 1 amide bonds. The van der Waals surface area contributed by atoms with Crippen molar-refractivity contribution in [1.82, 2.24) is 15.5 Å². The van der Waals surface area contributed by atoms with Gasteiger partial charge in [-0.05, 0) is 37.0 Å². The van der Waals surface area contributed by atoms with Gasteiger partial charge in [0.2, 0.25) is 11.8 Å². The molecule has 1 aromatic carbocycles. The molecule has 1 aliphatic carbocycles. The Hall–Kier alpha value is -2.21. The van der Waals surface area contributed by atoms with Crippen LogP contribution in [0.15, 0.2) is 28.7 Å². The molecular formula is C19H25N3O3. The van der Waals surface area contributed by atoms with Gasteiger partial charge >= 0.3 is 0 Å². The third kappa shape index (κ3) is 4.66. The van der Waals surface area contributed by atoms with Gasteiger partial charge in [0, 0.05) is 24.6 Å². The number of hydrogen-bond donors (Lipinski definition) is 1. The number of rotatable bonds is 6. The van der Waals surface area contributed by atoms with E-state index in [0.29, 0.717) is 42.5 Å². The fourth-order valence-corrected chi connectivity index (χ4v) is 3.21. The molecule has 0 spiro atoms. The van der Waals surface area contributed by atoms with Gasteiger partial charge in [-0.3, -0.25) is 4.79 Å². The summed E-state index contributed by atoms with van der Waals surface area (Å²) in [6.07, 6.45) is 5.23. The highest BCUT2D eigenvalue weighted by Gasteiger charge is 2.21. The SMILES string of the molecule is Cc1nnc(-c2cccc(C(=O)NCCO[C@H]3CCCC[C@H]3C)c2)o1. The number of aryl methyl sites for hydroxylation is 1. The number of amides is 1. The highest BCUT2D eigenvalue weighted by atomic mass is 16.5. The van der Waals surface area contributed by atoms with Crippen LogP contribution in [0.2, 0.25) is 0 Å². The second-order valence-electron chi connectivity index (χ2n) is 6.63. The monoisotopic (exact) mass is 343 g/mol. The molecule has 0 bridgehead atoms. The summed E-state index contributed by atoms with van der Waals surface area (Å²) in [5.74, 6) is 1.40. The van der Waals surface area contributed by atoms with Crippen LogP contribution in [-0.4, -0.2) is 35.4 Å². The molecule has 25 heavy (non-hydrogen) atoms. The lowest BCUT2D eigenvalue weighted by atomic mass is 9.88. The summed E-state index contributed by atoms with van der Waals surface area (Å²) < 4.78 is 11.3. The number of carbonyl (C=O) groups excluding carboxylic acids is 1. The van der Waals surface area contributed by atoms with Crippen LogP contribution in [-0.2, 0) is 4.74 Å². The van der Waals surface area contributed by atoms with Crippen molar-refractivity contribution >= 4 is 5.91 Å². The maximum atomic E-state index is 12.3. The first kappa shape index (κ1) is 17.6. The molecule has 1 heterocycles. The lowest BCUT2D eigenvalue weighted by molar-refractivity contribution is -0.00293. The minimum atomic E-state index is -0.127. The van der Waals surface area contributed by atoms with Gasteiger partial charge in [0.25, 0.3) is 5.91 Å². The summed E-state index contributed by atoms with van der Waals surface area (Å²) in [5, 5.41) is 10.7. The first-order valence-corrected chi connectivity index (χ1v) is 8.94. The summed E-state index contributed by atoms with van der Waals surface area (Å²) in [4.78, 5) is 12.3. The average Bonchev–Trinajstić information content (AvgIpc) is 3.06. The summed E-state index contributed by atoms with van der Waals surface area (Å²) in [6, 6.07) is 7.18. The largest absolute Gasteiger partial charge is 0.421 e. The Balaban J connectivity index is 1.50. The second kappa shape index (κ2) is 8.25. The van der Waals surface area contributed by atoms with Gasteiger partial charge in [-0.2, -0.15) is 0 Å².